The number of rotatable bonds is 5. The third-order valence-electron chi connectivity index (χ3n) is 3.36. The normalized spacial score (nSPS) is 10.2. The van der Waals surface area contributed by atoms with Crippen molar-refractivity contribution >= 4 is 11.7 Å². The van der Waals surface area contributed by atoms with Crippen molar-refractivity contribution in [3.05, 3.63) is 65.0 Å². The zero-order chi connectivity index (χ0) is 15.2. The van der Waals surface area contributed by atoms with E-state index < -0.39 is 11.8 Å². The summed E-state index contributed by atoms with van der Waals surface area (Å²) in [5, 5.41) is 3.18. The Hall–Kier alpha value is -2.36. The van der Waals surface area contributed by atoms with Crippen molar-refractivity contribution < 1.29 is 13.9 Å². The second-order valence-electron chi connectivity index (χ2n) is 4.66. The number of halogens is 1. The molecule has 0 aromatic heterocycles. The summed E-state index contributed by atoms with van der Waals surface area (Å²) in [5.74, 6) is -1.02. The Labute approximate surface area is 123 Å². The van der Waals surface area contributed by atoms with Crippen molar-refractivity contribution in [3.8, 4) is 0 Å². The average molecular weight is 287 g/mol. The summed E-state index contributed by atoms with van der Waals surface area (Å²) in [6.07, 6.45) is 0.936. The Balaban J connectivity index is 2.22. The largest absolute Gasteiger partial charge is 0.465 e. The summed E-state index contributed by atoms with van der Waals surface area (Å²) in [6.45, 7) is 2.66. The second kappa shape index (κ2) is 6.88. The topological polar surface area (TPSA) is 38.3 Å². The van der Waals surface area contributed by atoms with Gasteiger partial charge in [-0.15, -0.1) is 0 Å². The highest BCUT2D eigenvalue weighted by molar-refractivity contribution is 5.95. The molecular weight excluding hydrogens is 269 g/mol. The zero-order valence-corrected chi connectivity index (χ0v) is 12.2. The van der Waals surface area contributed by atoms with Gasteiger partial charge in [0.05, 0.1) is 12.7 Å². The molecule has 0 bridgehead atoms. The first-order valence-electron chi connectivity index (χ1n) is 6.84. The fourth-order valence-corrected chi connectivity index (χ4v) is 2.21. The van der Waals surface area contributed by atoms with Gasteiger partial charge in [-0.05, 0) is 35.7 Å². The van der Waals surface area contributed by atoms with E-state index in [1.54, 1.807) is 6.07 Å². The van der Waals surface area contributed by atoms with Gasteiger partial charge in [-0.2, -0.15) is 0 Å². The van der Waals surface area contributed by atoms with E-state index in [4.69, 9.17) is 0 Å². The van der Waals surface area contributed by atoms with E-state index in [9.17, 15) is 9.18 Å². The highest BCUT2D eigenvalue weighted by Crippen LogP contribution is 2.20. The first kappa shape index (κ1) is 15.0. The first-order chi connectivity index (χ1) is 10.2. The highest BCUT2D eigenvalue weighted by Gasteiger charge is 2.13. The molecule has 0 amide bonds. The zero-order valence-electron chi connectivity index (χ0n) is 12.2. The number of hydrogen-bond donors (Lipinski definition) is 1. The van der Waals surface area contributed by atoms with Gasteiger partial charge in [0.1, 0.15) is 5.82 Å². The molecule has 2 aromatic carbocycles. The van der Waals surface area contributed by atoms with Crippen molar-refractivity contribution in [1.29, 1.82) is 0 Å². The molecular formula is C17H18FNO2. The Bertz CT molecular complexity index is 640. The quantitative estimate of drug-likeness (QED) is 0.850. The van der Waals surface area contributed by atoms with Crippen LogP contribution in [0.2, 0.25) is 0 Å². The van der Waals surface area contributed by atoms with Crippen LogP contribution in [0.25, 0.3) is 0 Å². The number of carbonyl (C=O) groups excluding carboxylic acids is 1. The number of esters is 1. The molecule has 0 aliphatic heterocycles. The fraction of sp³-hybridized carbons (Fsp3) is 0.235. The van der Waals surface area contributed by atoms with Gasteiger partial charge in [0, 0.05) is 12.2 Å². The lowest BCUT2D eigenvalue weighted by molar-refractivity contribution is 0.0601. The standard InChI is InChI=1S/C17H18FNO2/c1-3-12-6-4-5-7-13(12)11-19-16-9-8-14(18)10-15(16)17(20)21-2/h4-10,19H,3,11H2,1-2H3. The molecule has 0 unspecified atom stereocenters. The Morgan fingerprint density at radius 2 is 1.90 bits per heavy atom. The van der Waals surface area contributed by atoms with Gasteiger partial charge in [-0.3, -0.25) is 0 Å². The number of anilines is 1. The van der Waals surface area contributed by atoms with Crippen LogP contribution in [0.4, 0.5) is 10.1 Å². The Morgan fingerprint density at radius 1 is 1.19 bits per heavy atom. The molecule has 0 radical (unpaired) electrons. The molecule has 3 nitrogen and oxygen atoms in total. The van der Waals surface area contributed by atoms with E-state index >= 15 is 0 Å². The molecule has 0 spiro atoms. The number of carbonyl (C=O) groups is 1. The van der Waals surface area contributed by atoms with Gasteiger partial charge in [-0.25, -0.2) is 9.18 Å². The summed E-state index contributed by atoms with van der Waals surface area (Å²) >= 11 is 0. The van der Waals surface area contributed by atoms with Crippen LogP contribution in [-0.4, -0.2) is 13.1 Å². The molecule has 21 heavy (non-hydrogen) atoms. The monoisotopic (exact) mass is 287 g/mol. The maximum Gasteiger partial charge on any atom is 0.340 e. The molecule has 2 aromatic rings. The maximum atomic E-state index is 13.3. The van der Waals surface area contributed by atoms with E-state index in [0.29, 0.717) is 12.2 Å². The van der Waals surface area contributed by atoms with E-state index in [-0.39, 0.29) is 5.56 Å². The van der Waals surface area contributed by atoms with Crippen molar-refractivity contribution in [2.24, 2.45) is 0 Å². The van der Waals surface area contributed by atoms with E-state index in [1.807, 2.05) is 18.2 Å². The molecule has 0 aliphatic carbocycles. The molecule has 0 aliphatic rings. The third-order valence-corrected chi connectivity index (χ3v) is 3.36. The highest BCUT2D eigenvalue weighted by atomic mass is 19.1. The van der Waals surface area contributed by atoms with Crippen molar-refractivity contribution in [1.82, 2.24) is 0 Å². The van der Waals surface area contributed by atoms with E-state index in [0.717, 1.165) is 12.0 Å². The van der Waals surface area contributed by atoms with E-state index in [1.165, 1.54) is 24.8 Å². The molecule has 0 saturated carbocycles. The molecule has 1 N–H and O–H groups in total. The molecule has 4 heteroatoms. The smallest absolute Gasteiger partial charge is 0.340 e. The Kier molecular flexibility index (Phi) is 4.93. The summed E-state index contributed by atoms with van der Waals surface area (Å²) in [4.78, 5) is 11.7. The third kappa shape index (κ3) is 3.60. The number of nitrogens with one attached hydrogen (secondary N) is 1. The number of ether oxygens (including phenoxy) is 1. The van der Waals surface area contributed by atoms with Gasteiger partial charge in [0.25, 0.3) is 0 Å². The fourth-order valence-electron chi connectivity index (χ4n) is 2.21. The van der Waals surface area contributed by atoms with Crippen LogP contribution in [0.15, 0.2) is 42.5 Å². The molecule has 0 saturated heterocycles. The molecule has 110 valence electrons. The first-order valence-corrected chi connectivity index (χ1v) is 6.84. The van der Waals surface area contributed by atoms with Crippen LogP contribution in [0, 0.1) is 5.82 Å². The van der Waals surface area contributed by atoms with Crippen LogP contribution in [0.5, 0.6) is 0 Å². The number of aryl methyl sites for hydroxylation is 1. The number of methoxy groups -OCH3 is 1. The van der Waals surface area contributed by atoms with Crippen LogP contribution >= 0.6 is 0 Å². The van der Waals surface area contributed by atoms with E-state index in [2.05, 4.69) is 23.0 Å². The number of hydrogen-bond acceptors (Lipinski definition) is 3. The van der Waals surface area contributed by atoms with Gasteiger partial charge < -0.3 is 10.1 Å². The van der Waals surface area contributed by atoms with Crippen molar-refractivity contribution in [2.75, 3.05) is 12.4 Å². The van der Waals surface area contributed by atoms with Gasteiger partial charge in [0.15, 0.2) is 0 Å². The molecule has 0 atom stereocenters. The van der Waals surface area contributed by atoms with Crippen LogP contribution in [0.1, 0.15) is 28.4 Å². The lowest BCUT2D eigenvalue weighted by Gasteiger charge is -2.13. The summed E-state index contributed by atoms with van der Waals surface area (Å²) < 4.78 is 18.0. The minimum atomic E-state index is -0.555. The van der Waals surface area contributed by atoms with Crippen molar-refractivity contribution in [3.63, 3.8) is 0 Å². The number of benzene rings is 2. The predicted octanol–water partition coefficient (Wildman–Crippen LogP) is 3.79. The lowest BCUT2D eigenvalue weighted by atomic mass is 10.0. The summed E-state index contributed by atoms with van der Waals surface area (Å²) in [7, 11) is 1.28. The van der Waals surface area contributed by atoms with Gasteiger partial charge in [-0.1, -0.05) is 31.2 Å². The maximum absolute atomic E-state index is 13.3. The SMILES string of the molecule is CCc1ccccc1CNc1ccc(F)cc1C(=O)OC. The lowest BCUT2D eigenvalue weighted by Crippen LogP contribution is -2.09. The Morgan fingerprint density at radius 3 is 2.57 bits per heavy atom. The molecule has 2 rings (SSSR count). The summed E-state index contributed by atoms with van der Waals surface area (Å²) in [6, 6.07) is 12.1. The second-order valence-corrected chi connectivity index (χ2v) is 4.66. The van der Waals surface area contributed by atoms with Crippen LogP contribution in [-0.2, 0) is 17.7 Å². The average Bonchev–Trinajstić information content (AvgIpc) is 2.53. The van der Waals surface area contributed by atoms with Gasteiger partial charge in [0.2, 0.25) is 0 Å². The summed E-state index contributed by atoms with van der Waals surface area (Å²) in [5.41, 5.74) is 3.16. The minimum Gasteiger partial charge on any atom is -0.465 e. The van der Waals surface area contributed by atoms with Crippen molar-refractivity contribution in [2.45, 2.75) is 19.9 Å². The van der Waals surface area contributed by atoms with Crippen LogP contribution < -0.4 is 5.32 Å². The molecule has 0 fully saturated rings. The van der Waals surface area contributed by atoms with Crippen LogP contribution in [0.3, 0.4) is 0 Å². The van der Waals surface area contributed by atoms with Gasteiger partial charge >= 0.3 is 5.97 Å². The molecule has 0 heterocycles. The minimum absolute atomic E-state index is 0.200. The predicted molar refractivity (Wildman–Crippen MR) is 80.9 cm³/mol.